The lowest BCUT2D eigenvalue weighted by Crippen LogP contribution is -2.02. The minimum Gasteiger partial charge on any atom is -0.289 e. The Morgan fingerprint density at radius 1 is 1.07 bits per heavy atom. The summed E-state index contributed by atoms with van der Waals surface area (Å²) >= 11 is 1.05. The summed E-state index contributed by atoms with van der Waals surface area (Å²) in [5, 5.41) is 16.1. The molecule has 0 radical (unpaired) electrons. The van der Waals surface area contributed by atoms with Gasteiger partial charge in [-0.15, -0.1) is 5.10 Å². The molecule has 2 heterocycles. The van der Waals surface area contributed by atoms with Crippen LogP contribution in [-0.4, -0.2) is 30.3 Å². The molecule has 0 fully saturated rings. The van der Waals surface area contributed by atoms with Crippen LogP contribution in [0.3, 0.4) is 0 Å². The summed E-state index contributed by atoms with van der Waals surface area (Å²) in [4.78, 5) is 32.2. The fourth-order valence-electron chi connectivity index (χ4n) is 2.50. The van der Waals surface area contributed by atoms with Crippen molar-refractivity contribution < 1.29 is 9.72 Å². The van der Waals surface area contributed by atoms with Crippen molar-refractivity contribution >= 4 is 29.0 Å². The third-order valence-electron chi connectivity index (χ3n) is 3.75. The third kappa shape index (κ3) is 3.40. The molecule has 0 bridgehead atoms. The van der Waals surface area contributed by atoms with Crippen LogP contribution in [0.2, 0.25) is 0 Å². The molecule has 4 aromatic rings. The Morgan fingerprint density at radius 2 is 1.89 bits per heavy atom. The maximum absolute atomic E-state index is 12.5. The molecule has 8 nitrogen and oxygen atoms in total. The second-order valence-corrected chi connectivity index (χ2v) is 6.50. The number of benzene rings is 2. The average molecular weight is 377 g/mol. The maximum Gasteiger partial charge on any atom is 0.284 e. The van der Waals surface area contributed by atoms with Gasteiger partial charge in [0.1, 0.15) is 0 Å². The van der Waals surface area contributed by atoms with Gasteiger partial charge >= 0.3 is 0 Å². The molecule has 132 valence electrons. The summed E-state index contributed by atoms with van der Waals surface area (Å²) in [7, 11) is 0. The molecule has 2 aromatic carbocycles. The average Bonchev–Trinajstić information content (AvgIpc) is 3.10. The Balaban J connectivity index is 1.69. The largest absolute Gasteiger partial charge is 0.289 e. The van der Waals surface area contributed by atoms with Crippen molar-refractivity contribution in [2.45, 2.75) is 10.1 Å². The van der Waals surface area contributed by atoms with Crippen molar-refractivity contribution in [3.8, 4) is 0 Å². The van der Waals surface area contributed by atoms with Crippen molar-refractivity contribution in [3.63, 3.8) is 0 Å². The SMILES string of the molecule is O=C(c1ccccc1)c1ccc(Sc2nc3ncccn3n2)c([N+](=O)[O-])c1. The van der Waals surface area contributed by atoms with E-state index in [9.17, 15) is 14.9 Å². The van der Waals surface area contributed by atoms with Crippen LogP contribution in [0.15, 0.2) is 77.0 Å². The Kier molecular flexibility index (Phi) is 4.35. The molecule has 0 aliphatic rings. The number of carbonyl (C=O) groups excluding carboxylic acids is 1. The van der Waals surface area contributed by atoms with Gasteiger partial charge in [0.25, 0.3) is 11.5 Å². The first-order valence-corrected chi connectivity index (χ1v) is 8.67. The highest BCUT2D eigenvalue weighted by molar-refractivity contribution is 7.99. The standard InChI is InChI=1S/C18H11N5O3S/c24-16(12-5-2-1-3-6-12)13-7-8-15(14(11-13)23(25)26)27-18-20-17-19-9-4-10-22(17)21-18/h1-11H. The molecule has 0 atom stereocenters. The predicted octanol–water partition coefficient (Wildman–Crippen LogP) is 3.41. The van der Waals surface area contributed by atoms with Crippen molar-refractivity contribution in [1.29, 1.82) is 0 Å². The van der Waals surface area contributed by atoms with Gasteiger partial charge in [-0.05, 0) is 30.0 Å². The van der Waals surface area contributed by atoms with Crippen LogP contribution in [0.25, 0.3) is 5.78 Å². The first kappa shape index (κ1) is 16.9. The summed E-state index contributed by atoms with van der Waals surface area (Å²) in [6.07, 6.45) is 3.28. The molecule has 0 amide bonds. The van der Waals surface area contributed by atoms with E-state index in [-0.39, 0.29) is 17.0 Å². The molecular weight excluding hydrogens is 366 g/mol. The van der Waals surface area contributed by atoms with Crippen LogP contribution < -0.4 is 0 Å². The molecule has 0 N–H and O–H groups in total. The van der Waals surface area contributed by atoms with Gasteiger partial charge < -0.3 is 0 Å². The number of aromatic nitrogens is 4. The zero-order valence-electron chi connectivity index (χ0n) is 13.7. The zero-order valence-corrected chi connectivity index (χ0v) is 14.5. The van der Waals surface area contributed by atoms with Crippen LogP contribution >= 0.6 is 11.8 Å². The van der Waals surface area contributed by atoms with Gasteiger partial charge in [0.15, 0.2) is 5.78 Å². The summed E-state index contributed by atoms with van der Waals surface area (Å²) in [5.41, 5.74) is 0.552. The second kappa shape index (κ2) is 6.96. The van der Waals surface area contributed by atoms with Gasteiger partial charge in [0.2, 0.25) is 5.16 Å². The number of hydrogen-bond donors (Lipinski definition) is 0. The fraction of sp³-hybridized carbons (Fsp3) is 0. The van der Waals surface area contributed by atoms with E-state index in [1.54, 1.807) is 54.9 Å². The number of nitrogens with zero attached hydrogens (tertiary/aromatic N) is 5. The predicted molar refractivity (Wildman–Crippen MR) is 97.9 cm³/mol. The lowest BCUT2D eigenvalue weighted by molar-refractivity contribution is -0.387. The number of ketones is 1. The Labute approximate surface area is 157 Å². The molecule has 4 rings (SSSR count). The molecule has 27 heavy (non-hydrogen) atoms. The molecular formula is C18H11N5O3S. The summed E-state index contributed by atoms with van der Waals surface area (Å²) in [6, 6.07) is 14.7. The van der Waals surface area contributed by atoms with Gasteiger partial charge in [0, 0.05) is 29.6 Å². The first-order valence-electron chi connectivity index (χ1n) is 7.85. The lowest BCUT2D eigenvalue weighted by atomic mass is 10.0. The number of carbonyl (C=O) groups is 1. The molecule has 0 saturated carbocycles. The normalized spacial score (nSPS) is 10.8. The van der Waals surface area contributed by atoms with Crippen molar-refractivity contribution in [3.05, 3.63) is 88.2 Å². The van der Waals surface area contributed by atoms with Crippen molar-refractivity contribution in [2.75, 3.05) is 0 Å². The minimum atomic E-state index is -0.516. The summed E-state index contributed by atoms with van der Waals surface area (Å²) in [5.74, 6) is 0.129. The Hall–Kier alpha value is -3.59. The molecule has 0 aliphatic heterocycles. The molecule has 9 heteroatoms. The van der Waals surface area contributed by atoms with E-state index >= 15 is 0 Å². The van der Waals surface area contributed by atoms with Crippen LogP contribution in [0.5, 0.6) is 0 Å². The number of fused-ring (bicyclic) bond motifs is 1. The highest BCUT2D eigenvalue weighted by Gasteiger charge is 2.20. The maximum atomic E-state index is 12.5. The van der Waals surface area contributed by atoms with Gasteiger partial charge in [0.05, 0.1) is 9.82 Å². The van der Waals surface area contributed by atoms with Crippen LogP contribution in [0, 0.1) is 10.1 Å². The topological polar surface area (TPSA) is 103 Å². The Bertz CT molecular complexity index is 1130. The van der Waals surface area contributed by atoms with E-state index in [0.717, 1.165) is 11.8 Å². The first-order chi connectivity index (χ1) is 13.1. The highest BCUT2D eigenvalue weighted by Crippen LogP contribution is 2.34. The zero-order chi connectivity index (χ0) is 18.8. The highest BCUT2D eigenvalue weighted by atomic mass is 32.2. The van der Waals surface area contributed by atoms with Gasteiger partial charge in [-0.1, -0.05) is 30.3 Å². The van der Waals surface area contributed by atoms with E-state index in [4.69, 9.17) is 0 Å². The summed E-state index contributed by atoms with van der Waals surface area (Å²) in [6.45, 7) is 0. The second-order valence-electron chi connectivity index (χ2n) is 5.50. The molecule has 0 spiro atoms. The third-order valence-corrected chi connectivity index (χ3v) is 4.67. The lowest BCUT2D eigenvalue weighted by Gasteiger charge is -2.04. The van der Waals surface area contributed by atoms with Gasteiger partial charge in [-0.25, -0.2) is 9.50 Å². The van der Waals surface area contributed by atoms with Crippen molar-refractivity contribution in [1.82, 2.24) is 19.6 Å². The van der Waals surface area contributed by atoms with Gasteiger partial charge in [-0.3, -0.25) is 14.9 Å². The molecule has 0 saturated heterocycles. The van der Waals surface area contributed by atoms with E-state index in [1.807, 2.05) is 0 Å². The Morgan fingerprint density at radius 3 is 2.63 bits per heavy atom. The van der Waals surface area contributed by atoms with Crippen LogP contribution in [0.4, 0.5) is 5.69 Å². The van der Waals surface area contributed by atoms with E-state index in [2.05, 4.69) is 15.1 Å². The van der Waals surface area contributed by atoms with E-state index < -0.39 is 4.92 Å². The minimum absolute atomic E-state index is 0.173. The van der Waals surface area contributed by atoms with Crippen LogP contribution in [0.1, 0.15) is 15.9 Å². The number of rotatable bonds is 5. The molecule has 0 aliphatic carbocycles. The number of nitro benzene ring substituents is 1. The molecule has 0 unspecified atom stereocenters. The molecule has 2 aromatic heterocycles. The van der Waals surface area contributed by atoms with E-state index in [0.29, 0.717) is 21.4 Å². The summed E-state index contributed by atoms with van der Waals surface area (Å²) < 4.78 is 1.49. The quantitative estimate of drug-likeness (QED) is 0.298. The smallest absolute Gasteiger partial charge is 0.284 e. The monoisotopic (exact) mass is 377 g/mol. The van der Waals surface area contributed by atoms with Crippen molar-refractivity contribution in [2.24, 2.45) is 0 Å². The number of hydrogen-bond acceptors (Lipinski definition) is 7. The fourth-order valence-corrected chi connectivity index (χ4v) is 3.33. The number of nitro groups is 1. The van der Waals surface area contributed by atoms with Crippen LogP contribution in [-0.2, 0) is 0 Å². The van der Waals surface area contributed by atoms with Gasteiger partial charge in [-0.2, -0.15) is 4.98 Å². The van der Waals surface area contributed by atoms with E-state index in [1.165, 1.54) is 16.6 Å².